The zero-order chi connectivity index (χ0) is 16.6. The van der Waals surface area contributed by atoms with Crippen molar-refractivity contribution in [2.24, 2.45) is 7.05 Å². The highest BCUT2D eigenvalue weighted by molar-refractivity contribution is 5.87. The molecule has 0 radical (unpaired) electrons. The molecule has 0 saturated heterocycles. The van der Waals surface area contributed by atoms with Crippen LogP contribution in [0.25, 0.3) is 11.2 Å². The lowest BCUT2D eigenvalue weighted by Crippen LogP contribution is -2.41. The molecule has 116 valence electrons. The number of fused-ring (bicyclic) bond motifs is 1. The number of pyridine rings is 1. The van der Waals surface area contributed by atoms with Crippen LogP contribution in [0, 0.1) is 0 Å². The van der Waals surface area contributed by atoms with Crippen molar-refractivity contribution < 1.29 is 9.90 Å². The van der Waals surface area contributed by atoms with E-state index in [1.165, 1.54) is 28.3 Å². The van der Waals surface area contributed by atoms with Crippen LogP contribution in [0.15, 0.2) is 52.2 Å². The molecular weight excluding hydrogens is 298 g/mol. The minimum absolute atomic E-state index is 0.141. The normalized spacial score (nSPS) is 10.8. The topological polar surface area (TPSA) is 94.2 Å². The third kappa shape index (κ3) is 2.52. The lowest BCUT2D eigenvalue weighted by Gasteiger charge is -2.11. The number of aromatic carboxylic acids is 1. The van der Waals surface area contributed by atoms with Gasteiger partial charge in [-0.1, -0.05) is 12.1 Å². The average molecular weight is 311 g/mol. The summed E-state index contributed by atoms with van der Waals surface area (Å²) in [6.45, 7) is 0.141. The lowest BCUT2D eigenvalue weighted by molar-refractivity contribution is 0.0697. The first-order chi connectivity index (χ1) is 11.0. The van der Waals surface area contributed by atoms with Crippen LogP contribution >= 0.6 is 0 Å². The summed E-state index contributed by atoms with van der Waals surface area (Å²) in [4.78, 5) is 39.4. The van der Waals surface area contributed by atoms with Crippen molar-refractivity contribution in [1.82, 2.24) is 14.1 Å². The zero-order valence-corrected chi connectivity index (χ0v) is 12.3. The van der Waals surface area contributed by atoms with Gasteiger partial charge in [0.15, 0.2) is 5.65 Å². The SMILES string of the molecule is Cn1c(=O)c(=O)n(Cc2ccc(C(=O)O)cc2)c2ncccc21. The number of benzene rings is 1. The number of nitrogens with zero attached hydrogens (tertiary/aromatic N) is 3. The Kier molecular flexibility index (Phi) is 3.53. The second-order valence-corrected chi connectivity index (χ2v) is 5.10. The number of aryl methyl sites for hydroxylation is 1. The van der Waals surface area contributed by atoms with Crippen LogP contribution in [-0.4, -0.2) is 25.2 Å². The van der Waals surface area contributed by atoms with E-state index in [1.807, 2.05) is 0 Å². The van der Waals surface area contributed by atoms with Crippen LogP contribution < -0.4 is 11.1 Å². The highest BCUT2D eigenvalue weighted by atomic mass is 16.4. The van der Waals surface area contributed by atoms with Crippen LogP contribution in [-0.2, 0) is 13.6 Å². The van der Waals surface area contributed by atoms with Gasteiger partial charge in [-0.25, -0.2) is 9.78 Å². The first-order valence-corrected chi connectivity index (χ1v) is 6.86. The van der Waals surface area contributed by atoms with Crippen molar-refractivity contribution >= 4 is 17.1 Å². The Balaban J connectivity index is 2.15. The van der Waals surface area contributed by atoms with E-state index in [0.717, 1.165) is 0 Å². The fraction of sp³-hybridized carbons (Fsp3) is 0.125. The maximum absolute atomic E-state index is 12.3. The Morgan fingerprint density at radius 3 is 2.48 bits per heavy atom. The molecule has 0 bridgehead atoms. The Bertz CT molecular complexity index is 1020. The molecule has 0 aliphatic rings. The number of carboxylic acids is 1. The Labute approximate surface area is 130 Å². The third-order valence-electron chi connectivity index (χ3n) is 3.66. The number of hydrogen-bond donors (Lipinski definition) is 1. The van der Waals surface area contributed by atoms with Gasteiger partial charge in [0, 0.05) is 13.2 Å². The van der Waals surface area contributed by atoms with Crippen LogP contribution in [0.1, 0.15) is 15.9 Å². The van der Waals surface area contributed by atoms with Crippen molar-refractivity contribution in [2.45, 2.75) is 6.54 Å². The molecule has 0 fully saturated rings. The van der Waals surface area contributed by atoms with Gasteiger partial charge in [0.1, 0.15) is 0 Å². The molecule has 23 heavy (non-hydrogen) atoms. The predicted octanol–water partition coefficient (Wildman–Crippen LogP) is 0.842. The van der Waals surface area contributed by atoms with Gasteiger partial charge in [-0.3, -0.25) is 14.2 Å². The summed E-state index contributed by atoms with van der Waals surface area (Å²) >= 11 is 0. The van der Waals surface area contributed by atoms with E-state index in [0.29, 0.717) is 16.7 Å². The first-order valence-electron chi connectivity index (χ1n) is 6.86. The molecular formula is C16H13N3O4. The van der Waals surface area contributed by atoms with Gasteiger partial charge in [0.05, 0.1) is 17.6 Å². The lowest BCUT2D eigenvalue weighted by atomic mass is 10.1. The summed E-state index contributed by atoms with van der Waals surface area (Å²) in [6.07, 6.45) is 1.55. The van der Waals surface area contributed by atoms with Gasteiger partial charge in [-0.2, -0.15) is 0 Å². The van der Waals surface area contributed by atoms with Gasteiger partial charge in [-0.15, -0.1) is 0 Å². The number of hydrogen-bond acceptors (Lipinski definition) is 4. The van der Waals surface area contributed by atoms with Gasteiger partial charge in [-0.05, 0) is 29.8 Å². The molecule has 0 saturated carbocycles. The van der Waals surface area contributed by atoms with E-state index in [9.17, 15) is 14.4 Å². The summed E-state index contributed by atoms with van der Waals surface area (Å²) in [7, 11) is 1.53. The minimum Gasteiger partial charge on any atom is -0.478 e. The molecule has 0 aliphatic heterocycles. The summed E-state index contributed by atoms with van der Waals surface area (Å²) in [6, 6.07) is 9.55. The zero-order valence-electron chi connectivity index (χ0n) is 12.3. The Morgan fingerprint density at radius 1 is 1.13 bits per heavy atom. The maximum atomic E-state index is 12.3. The average Bonchev–Trinajstić information content (AvgIpc) is 2.57. The summed E-state index contributed by atoms with van der Waals surface area (Å²) in [5.74, 6) is -1.02. The molecule has 7 nitrogen and oxygen atoms in total. The van der Waals surface area contributed by atoms with Crippen molar-refractivity contribution in [1.29, 1.82) is 0 Å². The first kappa shape index (κ1) is 14.7. The molecule has 0 aliphatic carbocycles. The molecule has 2 aromatic heterocycles. The molecule has 7 heteroatoms. The number of carbonyl (C=O) groups is 1. The molecule has 0 amide bonds. The van der Waals surface area contributed by atoms with Crippen LogP contribution in [0.5, 0.6) is 0 Å². The standard InChI is InChI=1S/C16H13N3O4/c1-18-12-3-2-8-17-13(12)19(15(21)14(18)20)9-10-4-6-11(7-5-10)16(22)23/h2-8H,9H2,1H3,(H,22,23). The highest BCUT2D eigenvalue weighted by Crippen LogP contribution is 2.10. The molecule has 0 unspecified atom stereocenters. The summed E-state index contributed by atoms with van der Waals surface area (Å²) < 4.78 is 2.57. The molecule has 1 N–H and O–H groups in total. The smallest absolute Gasteiger partial charge is 0.335 e. The minimum atomic E-state index is -1.02. The van der Waals surface area contributed by atoms with E-state index < -0.39 is 17.1 Å². The van der Waals surface area contributed by atoms with Crippen molar-refractivity contribution in [2.75, 3.05) is 0 Å². The largest absolute Gasteiger partial charge is 0.478 e. The maximum Gasteiger partial charge on any atom is 0.335 e. The Morgan fingerprint density at radius 2 is 1.83 bits per heavy atom. The van der Waals surface area contributed by atoms with Gasteiger partial charge < -0.3 is 9.67 Å². The van der Waals surface area contributed by atoms with Crippen LogP contribution in [0.2, 0.25) is 0 Å². The highest BCUT2D eigenvalue weighted by Gasteiger charge is 2.12. The number of aromatic nitrogens is 3. The number of rotatable bonds is 3. The van der Waals surface area contributed by atoms with Crippen LogP contribution in [0.3, 0.4) is 0 Å². The van der Waals surface area contributed by atoms with Crippen LogP contribution in [0.4, 0.5) is 0 Å². The molecule has 3 aromatic rings. The second-order valence-electron chi connectivity index (χ2n) is 5.10. The van der Waals surface area contributed by atoms with Crippen molar-refractivity contribution in [3.05, 3.63) is 74.4 Å². The van der Waals surface area contributed by atoms with E-state index >= 15 is 0 Å². The molecule has 0 spiro atoms. The monoisotopic (exact) mass is 311 g/mol. The summed E-state index contributed by atoms with van der Waals surface area (Å²) in [5, 5.41) is 8.91. The second kappa shape index (κ2) is 5.53. The third-order valence-corrected chi connectivity index (χ3v) is 3.66. The molecule has 0 atom stereocenters. The Hall–Kier alpha value is -3.22. The van der Waals surface area contributed by atoms with E-state index in [1.54, 1.807) is 30.5 Å². The van der Waals surface area contributed by atoms with E-state index in [4.69, 9.17) is 5.11 Å². The van der Waals surface area contributed by atoms with Gasteiger partial charge in [0.25, 0.3) is 0 Å². The summed E-state index contributed by atoms with van der Waals surface area (Å²) in [5.41, 5.74) is 0.528. The van der Waals surface area contributed by atoms with E-state index in [2.05, 4.69) is 4.98 Å². The van der Waals surface area contributed by atoms with Gasteiger partial charge in [0.2, 0.25) is 0 Å². The van der Waals surface area contributed by atoms with Gasteiger partial charge >= 0.3 is 17.1 Å². The molecule has 1 aromatic carbocycles. The molecule has 2 heterocycles. The number of carboxylic acid groups (broad SMARTS) is 1. The van der Waals surface area contributed by atoms with E-state index in [-0.39, 0.29) is 12.1 Å². The quantitative estimate of drug-likeness (QED) is 0.723. The fourth-order valence-corrected chi connectivity index (χ4v) is 2.40. The van der Waals surface area contributed by atoms with Crippen molar-refractivity contribution in [3.63, 3.8) is 0 Å². The predicted molar refractivity (Wildman–Crippen MR) is 83.7 cm³/mol. The van der Waals surface area contributed by atoms with Crippen molar-refractivity contribution in [3.8, 4) is 0 Å². The fourth-order valence-electron chi connectivity index (χ4n) is 2.40. The molecule has 3 rings (SSSR count).